The van der Waals surface area contributed by atoms with Gasteiger partial charge in [0.15, 0.2) is 5.82 Å². The molecule has 2 aliphatic heterocycles. The number of carbonyl (C=O) groups excluding carboxylic acids is 1. The second-order valence-corrected chi connectivity index (χ2v) is 8.69. The van der Waals surface area contributed by atoms with E-state index in [1.807, 2.05) is 23.1 Å². The molecule has 0 aliphatic carbocycles. The predicted octanol–water partition coefficient (Wildman–Crippen LogP) is 3.85. The molecule has 0 N–H and O–H groups in total. The van der Waals surface area contributed by atoms with E-state index in [4.69, 9.17) is 0 Å². The summed E-state index contributed by atoms with van der Waals surface area (Å²) in [5, 5.41) is 8.70. The highest BCUT2D eigenvalue weighted by atomic mass is 19.1. The lowest BCUT2D eigenvalue weighted by Gasteiger charge is -2.39. The van der Waals surface area contributed by atoms with Gasteiger partial charge < -0.3 is 14.7 Å². The largest absolute Gasteiger partial charge is 0.368 e. The number of piperidine rings is 1. The second-order valence-electron chi connectivity index (χ2n) is 8.69. The van der Waals surface area contributed by atoms with Crippen molar-refractivity contribution in [2.24, 2.45) is 5.92 Å². The number of benzene rings is 2. The number of para-hydroxylation sites is 1. The molecule has 0 saturated carbocycles. The molecule has 0 radical (unpaired) electrons. The lowest BCUT2D eigenvalue weighted by molar-refractivity contribution is -0.136. The van der Waals surface area contributed by atoms with E-state index in [1.165, 1.54) is 17.8 Å². The molecule has 170 valence electrons. The fourth-order valence-corrected chi connectivity index (χ4v) is 4.71. The normalized spacial score (nSPS) is 17.3. The maximum atomic E-state index is 13.1. The summed E-state index contributed by atoms with van der Waals surface area (Å²) in [5.74, 6) is 0.929. The van der Waals surface area contributed by atoms with Crippen LogP contribution in [0.15, 0.2) is 66.7 Å². The molecule has 33 heavy (non-hydrogen) atoms. The summed E-state index contributed by atoms with van der Waals surface area (Å²) in [6.07, 6.45) is 1.66. The first-order valence-corrected chi connectivity index (χ1v) is 11.6. The van der Waals surface area contributed by atoms with Crippen molar-refractivity contribution in [3.63, 3.8) is 0 Å². The topological polar surface area (TPSA) is 52.6 Å². The fourth-order valence-electron chi connectivity index (χ4n) is 4.71. The summed E-state index contributed by atoms with van der Waals surface area (Å²) < 4.78 is 13.1. The Kier molecular flexibility index (Phi) is 6.19. The van der Waals surface area contributed by atoms with Gasteiger partial charge in [-0.1, -0.05) is 18.2 Å². The SMILES string of the molecule is O=C(C1CCN(c2ccc(-c3ccc(F)cc3)nn2)CC1)N1CCN(c2ccccc2)CC1. The minimum absolute atomic E-state index is 0.0796. The molecule has 3 aromatic rings. The van der Waals surface area contributed by atoms with Crippen LogP contribution in [-0.4, -0.2) is 60.3 Å². The molecule has 0 bridgehead atoms. The van der Waals surface area contributed by atoms with Gasteiger partial charge in [0.1, 0.15) is 5.82 Å². The lowest BCUT2D eigenvalue weighted by atomic mass is 9.95. The van der Waals surface area contributed by atoms with E-state index in [0.29, 0.717) is 5.91 Å². The Bertz CT molecular complexity index is 1060. The molecule has 2 aliphatic rings. The van der Waals surface area contributed by atoms with Crippen LogP contribution in [-0.2, 0) is 4.79 Å². The Hall–Kier alpha value is -3.48. The molecule has 0 atom stereocenters. The van der Waals surface area contributed by atoms with Crippen LogP contribution in [0.25, 0.3) is 11.3 Å². The number of carbonyl (C=O) groups is 1. The zero-order valence-corrected chi connectivity index (χ0v) is 18.6. The second kappa shape index (κ2) is 9.57. The van der Waals surface area contributed by atoms with Crippen molar-refractivity contribution < 1.29 is 9.18 Å². The van der Waals surface area contributed by atoms with Crippen molar-refractivity contribution in [3.8, 4) is 11.3 Å². The van der Waals surface area contributed by atoms with Crippen LogP contribution in [0.5, 0.6) is 0 Å². The Morgan fingerprint density at radius 3 is 2.09 bits per heavy atom. The van der Waals surface area contributed by atoms with Crippen molar-refractivity contribution >= 4 is 17.4 Å². The molecule has 6 nitrogen and oxygen atoms in total. The van der Waals surface area contributed by atoms with Crippen LogP contribution < -0.4 is 9.80 Å². The first-order valence-electron chi connectivity index (χ1n) is 11.6. The van der Waals surface area contributed by atoms with Crippen molar-refractivity contribution in [2.75, 3.05) is 49.1 Å². The number of nitrogens with zero attached hydrogens (tertiary/aromatic N) is 5. The van der Waals surface area contributed by atoms with Gasteiger partial charge in [0.25, 0.3) is 0 Å². The van der Waals surface area contributed by atoms with Crippen LogP contribution >= 0.6 is 0 Å². The smallest absolute Gasteiger partial charge is 0.225 e. The molecule has 1 aromatic heterocycles. The molecule has 2 aromatic carbocycles. The van der Waals surface area contributed by atoms with E-state index in [2.05, 4.69) is 44.3 Å². The Morgan fingerprint density at radius 2 is 1.45 bits per heavy atom. The van der Waals surface area contributed by atoms with Crippen LogP contribution in [0, 0.1) is 11.7 Å². The van der Waals surface area contributed by atoms with Crippen molar-refractivity contribution in [2.45, 2.75) is 12.8 Å². The standard InChI is InChI=1S/C26H28FN5O/c27-22-8-6-20(7-9-22)24-10-11-25(29-28-24)31-14-12-21(13-15-31)26(33)32-18-16-30(17-19-32)23-4-2-1-3-5-23/h1-11,21H,12-19H2. The Balaban J connectivity index is 1.13. The lowest BCUT2D eigenvalue weighted by Crippen LogP contribution is -2.51. The predicted molar refractivity (Wildman–Crippen MR) is 128 cm³/mol. The van der Waals surface area contributed by atoms with Gasteiger partial charge >= 0.3 is 0 Å². The van der Waals surface area contributed by atoms with Crippen LogP contribution in [0.3, 0.4) is 0 Å². The van der Waals surface area contributed by atoms with Crippen LogP contribution in [0.1, 0.15) is 12.8 Å². The van der Waals surface area contributed by atoms with Crippen LogP contribution in [0.4, 0.5) is 15.9 Å². The van der Waals surface area contributed by atoms with Gasteiger partial charge in [-0.05, 0) is 61.4 Å². The third kappa shape index (κ3) is 4.82. The average Bonchev–Trinajstić information content (AvgIpc) is 2.90. The first kappa shape index (κ1) is 21.4. The highest BCUT2D eigenvalue weighted by Crippen LogP contribution is 2.25. The third-order valence-electron chi connectivity index (χ3n) is 6.67. The number of aromatic nitrogens is 2. The zero-order valence-electron chi connectivity index (χ0n) is 18.6. The molecule has 0 unspecified atom stereocenters. The van der Waals surface area contributed by atoms with Crippen molar-refractivity contribution in [1.29, 1.82) is 0 Å². The molecule has 0 spiro atoms. The van der Waals surface area contributed by atoms with E-state index < -0.39 is 0 Å². The maximum absolute atomic E-state index is 13.1. The first-order chi connectivity index (χ1) is 16.2. The summed E-state index contributed by atoms with van der Waals surface area (Å²) in [5.41, 5.74) is 2.79. The van der Waals surface area contributed by atoms with Gasteiger partial charge in [-0.25, -0.2) is 4.39 Å². The summed E-state index contributed by atoms with van der Waals surface area (Å²) in [7, 11) is 0. The van der Waals surface area contributed by atoms with E-state index >= 15 is 0 Å². The van der Waals surface area contributed by atoms with Crippen LogP contribution in [0.2, 0.25) is 0 Å². The van der Waals surface area contributed by atoms with Crippen molar-refractivity contribution in [3.05, 3.63) is 72.5 Å². The minimum atomic E-state index is -0.265. The van der Waals surface area contributed by atoms with Gasteiger partial charge in [-0.15, -0.1) is 10.2 Å². The zero-order chi connectivity index (χ0) is 22.6. The van der Waals surface area contributed by atoms with Gasteiger partial charge in [0.2, 0.25) is 5.91 Å². The number of halogens is 1. The number of hydrogen-bond acceptors (Lipinski definition) is 5. The molecule has 2 saturated heterocycles. The highest BCUT2D eigenvalue weighted by molar-refractivity contribution is 5.79. The molecule has 5 rings (SSSR count). The number of hydrogen-bond donors (Lipinski definition) is 0. The molecule has 2 fully saturated rings. The average molecular weight is 446 g/mol. The quantitative estimate of drug-likeness (QED) is 0.611. The molecule has 3 heterocycles. The molecular weight excluding hydrogens is 417 g/mol. The third-order valence-corrected chi connectivity index (χ3v) is 6.67. The number of anilines is 2. The number of amides is 1. The van der Waals surface area contributed by atoms with Gasteiger partial charge in [-0.2, -0.15) is 0 Å². The maximum Gasteiger partial charge on any atom is 0.225 e. The molecule has 1 amide bonds. The minimum Gasteiger partial charge on any atom is -0.368 e. The van der Waals surface area contributed by atoms with E-state index in [-0.39, 0.29) is 11.7 Å². The van der Waals surface area contributed by atoms with Gasteiger partial charge in [-0.3, -0.25) is 4.79 Å². The summed E-state index contributed by atoms with van der Waals surface area (Å²) >= 11 is 0. The van der Waals surface area contributed by atoms with Gasteiger partial charge in [0.05, 0.1) is 5.69 Å². The Morgan fingerprint density at radius 1 is 0.758 bits per heavy atom. The monoisotopic (exact) mass is 445 g/mol. The number of rotatable bonds is 4. The fraction of sp³-hybridized carbons (Fsp3) is 0.346. The van der Waals surface area contributed by atoms with E-state index in [0.717, 1.165) is 69.2 Å². The van der Waals surface area contributed by atoms with Crippen molar-refractivity contribution in [1.82, 2.24) is 15.1 Å². The summed E-state index contributed by atoms with van der Waals surface area (Å²) in [6.45, 7) is 4.92. The number of piperazine rings is 1. The molecular formula is C26H28FN5O. The molecule has 7 heteroatoms. The van der Waals surface area contributed by atoms with E-state index in [1.54, 1.807) is 12.1 Å². The van der Waals surface area contributed by atoms with E-state index in [9.17, 15) is 9.18 Å². The highest BCUT2D eigenvalue weighted by Gasteiger charge is 2.31. The summed E-state index contributed by atoms with van der Waals surface area (Å²) in [6, 6.07) is 20.5. The Labute approximate surface area is 193 Å². The van der Waals surface area contributed by atoms with Gasteiger partial charge in [0, 0.05) is 56.4 Å². The summed E-state index contributed by atoms with van der Waals surface area (Å²) in [4.78, 5) is 19.7.